The number of nitrogens with two attached hydrogens (primary N) is 1. The zero-order valence-electron chi connectivity index (χ0n) is 11.6. The summed E-state index contributed by atoms with van der Waals surface area (Å²) in [6, 6.07) is 15.5. The molecule has 3 nitrogen and oxygen atoms in total. The largest absolute Gasteiger partial charge is 0.487 e. The number of benzene rings is 2. The molecule has 2 N–H and O–H groups in total. The number of halogens is 1. The van der Waals surface area contributed by atoms with Crippen LogP contribution in [0.4, 0.5) is 5.69 Å². The number of nitrogen functional groups attached to an aromatic ring is 1. The summed E-state index contributed by atoms with van der Waals surface area (Å²) < 4.78 is 5.73. The van der Waals surface area contributed by atoms with Gasteiger partial charge >= 0.3 is 0 Å². The van der Waals surface area contributed by atoms with Gasteiger partial charge in [0.2, 0.25) is 0 Å². The van der Waals surface area contributed by atoms with Crippen molar-refractivity contribution in [1.29, 1.82) is 0 Å². The number of pyridine rings is 1. The molecule has 3 aromatic rings. The van der Waals surface area contributed by atoms with E-state index in [1.807, 2.05) is 43.3 Å². The van der Waals surface area contributed by atoms with Crippen LogP contribution in [0.2, 0.25) is 5.15 Å². The summed E-state index contributed by atoms with van der Waals surface area (Å²) in [5, 5.41) is 1.51. The first-order valence-corrected chi connectivity index (χ1v) is 7.04. The van der Waals surface area contributed by atoms with Gasteiger partial charge in [-0.3, -0.25) is 0 Å². The summed E-state index contributed by atoms with van der Waals surface area (Å²) in [7, 11) is 0. The number of rotatable bonds is 3. The molecule has 1 heterocycles. The number of para-hydroxylation sites is 2. The lowest BCUT2D eigenvalue weighted by molar-refractivity contribution is 0.308. The van der Waals surface area contributed by atoms with Crippen LogP contribution >= 0.6 is 11.6 Å². The van der Waals surface area contributed by atoms with E-state index in [1.165, 1.54) is 0 Å². The number of anilines is 1. The molecule has 3 rings (SSSR count). The summed E-state index contributed by atoms with van der Waals surface area (Å²) in [6.45, 7) is 2.37. The Balaban J connectivity index is 1.89. The normalized spacial score (nSPS) is 10.8. The molecule has 1 aromatic heterocycles. The third-order valence-electron chi connectivity index (χ3n) is 3.30. The molecule has 0 aliphatic heterocycles. The Bertz CT molecular complexity index is 802. The number of nitrogens with zero attached hydrogens (tertiary/aromatic N) is 1. The van der Waals surface area contributed by atoms with Crippen LogP contribution < -0.4 is 10.5 Å². The number of hydrogen-bond acceptors (Lipinski definition) is 3. The van der Waals surface area contributed by atoms with Gasteiger partial charge in [-0.25, -0.2) is 4.98 Å². The van der Waals surface area contributed by atoms with Crippen LogP contribution in [0.1, 0.15) is 11.1 Å². The maximum Gasteiger partial charge on any atom is 0.142 e. The number of fused-ring (bicyclic) bond motifs is 1. The third-order valence-corrected chi connectivity index (χ3v) is 3.63. The second kappa shape index (κ2) is 5.62. The number of aryl methyl sites for hydroxylation is 1. The van der Waals surface area contributed by atoms with Crippen molar-refractivity contribution in [3.8, 4) is 5.75 Å². The van der Waals surface area contributed by atoms with E-state index in [4.69, 9.17) is 22.1 Å². The highest BCUT2D eigenvalue weighted by Gasteiger charge is 2.07. The van der Waals surface area contributed by atoms with E-state index in [1.54, 1.807) is 6.07 Å². The molecule has 0 bridgehead atoms. The first kappa shape index (κ1) is 13.7. The van der Waals surface area contributed by atoms with Gasteiger partial charge in [0.05, 0.1) is 11.2 Å². The minimum absolute atomic E-state index is 0.337. The van der Waals surface area contributed by atoms with Crippen molar-refractivity contribution in [3.05, 3.63) is 64.8 Å². The molecular weight excluding hydrogens is 284 g/mol. The fourth-order valence-corrected chi connectivity index (χ4v) is 2.37. The topological polar surface area (TPSA) is 48.1 Å². The zero-order chi connectivity index (χ0) is 14.8. The zero-order valence-corrected chi connectivity index (χ0v) is 12.4. The average molecular weight is 299 g/mol. The number of ether oxygens (including phenoxy) is 1. The molecule has 0 unspecified atom stereocenters. The number of hydrogen-bond donors (Lipinski definition) is 1. The molecule has 0 fully saturated rings. The molecule has 0 aliphatic carbocycles. The Morgan fingerprint density at radius 3 is 2.76 bits per heavy atom. The Morgan fingerprint density at radius 2 is 1.95 bits per heavy atom. The summed E-state index contributed by atoms with van der Waals surface area (Å²) in [6.07, 6.45) is 0. The first-order chi connectivity index (χ1) is 10.1. The van der Waals surface area contributed by atoms with Crippen LogP contribution in [0.3, 0.4) is 0 Å². The lowest BCUT2D eigenvalue weighted by atomic mass is 10.1. The summed E-state index contributed by atoms with van der Waals surface area (Å²) in [5.74, 6) is 0.651. The quantitative estimate of drug-likeness (QED) is 0.577. The molecular formula is C17H15ClN2O. The lowest BCUT2D eigenvalue weighted by Crippen LogP contribution is -2.00. The minimum atomic E-state index is 0.337. The molecule has 2 aromatic carbocycles. The highest BCUT2D eigenvalue weighted by Crippen LogP contribution is 2.25. The van der Waals surface area contributed by atoms with Gasteiger partial charge in [-0.15, -0.1) is 0 Å². The highest BCUT2D eigenvalue weighted by atomic mass is 35.5. The van der Waals surface area contributed by atoms with Crippen LogP contribution in [-0.2, 0) is 6.61 Å². The number of aromatic nitrogens is 1. The maximum absolute atomic E-state index is 6.24. The van der Waals surface area contributed by atoms with Crippen molar-refractivity contribution in [1.82, 2.24) is 4.98 Å². The molecule has 0 atom stereocenters. The van der Waals surface area contributed by atoms with Crippen molar-refractivity contribution in [2.24, 2.45) is 0 Å². The van der Waals surface area contributed by atoms with E-state index in [-0.39, 0.29) is 0 Å². The monoisotopic (exact) mass is 298 g/mol. The SMILES string of the molecule is Cc1ccc2cc(COc3ccccc3N)c(Cl)nc2c1. The van der Waals surface area contributed by atoms with E-state index >= 15 is 0 Å². The molecule has 0 amide bonds. The molecule has 21 heavy (non-hydrogen) atoms. The minimum Gasteiger partial charge on any atom is -0.487 e. The van der Waals surface area contributed by atoms with Gasteiger partial charge in [-0.2, -0.15) is 0 Å². The van der Waals surface area contributed by atoms with Gasteiger partial charge in [0.1, 0.15) is 17.5 Å². The Kier molecular flexibility index (Phi) is 3.67. The molecule has 0 radical (unpaired) electrons. The molecule has 106 valence electrons. The van der Waals surface area contributed by atoms with E-state index in [2.05, 4.69) is 11.1 Å². The van der Waals surface area contributed by atoms with Crippen LogP contribution in [0.5, 0.6) is 5.75 Å². The Morgan fingerprint density at radius 1 is 1.14 bits per heavy atom. The summed E-state index contributed by atoms with van der Waals surface area (Å²) in [4.78, 5) is 4.43. The van der Waals surface area contributed by atoms with Crippen molar-refractivity contribution in [2.75, 3.05) is 5.73 Å². The van der Waals surface area contributed by atoms with Gasteiger partial charge < -0.3 is 10.5 Å². The molecule has 0 aliphatic rings. The van der Waals surface area contributed by atoms with E-state index < -0.39 is 0 Å². The van der Waals surface area contributed by atoms with Crippen LogP contribution in [-0.4, -0.2) is 4.98 Å². The van der Waals surface area contributed by atoms with Crippen molar-refractivity contribution >= 4 is 28.2 Å². The van der Waals surface area contributed by atoms with Gasteiger partial charge in [-0.05, 0) is 36.8 Å². The van der Waals surface area contributed by atoms with Crippen LogP contribution in [0.25, 0.3) is 10.9 Å². The summed E-state index contributed by atoms with van der Waals surface area (Å²) in [5.41, 5.74) is 9.36. The maximum atomic E-state index is 6.24. The molecule has 0 saturated heterocycles. The van der Waals surface area contributed by atoms with Crippen LogP contribution in [0.15, 0.2) is 48.5 Å². The standard InChI is InChI=1S/C17H15ClN2O/c1-11-6-7-12-9-13(17(18)20-15(12)8-11)10-21-16-5-3-2-4-14(16)19/h2-9H,10,19H2,1H3. The van der Waals surface area contributed by atoms with Gasteiger partial charge in [-0.1, -0.05) is 35.9 Å². The Hall–Kier alpha value is -2.26. The molecule has 4 heteroatoms. The summed E-state index contributed by atoms with van der Waals surface area (Å²) >= 11 is 6.24. The van der Waals surface area contributed by atoms with Gasteiger partial charge in [0.25, 0.3) is 0 Å². The predicted molar refractivity (Wildman–Crippen MR) is 86.7 cm³/mol. The second-order valence-electron chi connectivity index (χ2n) is 4.96. The molecule has 0 spiro atoms. The van der Waals surface area contributed by atoms with E-state index in [9.17, 15) is 0 Å². The van der Waals surface area contributed by atoms with E-state index in [0.717, 1.165) is 22.0 Å². The third kappa shape index (κ3) is 2.93. The second-order valence-corrected chi connectivity index (χ2v) is 5.32. The fraction of sp³-hybridized carbons (Fsp3) is 0.118. The lowest BCUT2D eigenvalue weighted by Gasteiger charge is -2.10. The highest BCUT2D eigenvalue weighted by molar-refractivity contribution is 6.30. The smallest absolute Gasteiger partial charge is 0.142 e. The van der Waals surface area contributed by atoms with Crippen LogP contribution in [0, 0.1) is 6.92 Å². The van der Waals surface area contributed by atoms with E-state index in [0.29, 0.717) is 23.2 Å². The predicted octanol–water partition coefficient (Wildman–Crippen LogP) is 4.36. The average Bonchev–Trinajstić information content (AvgIpc) is 2.46. The fourth-order valence-electron chi connectivity index (χ4n) is 2.17. The van der Waals surface area contributed by atoms with Crippen molar-refractivity contribution < 1.29 is 4.74 Å². The Labute approximate surface area is 128 Å². The van der Waals surface area contributed by atoms with Gasteiger partial charge in [0.15, 0.2) is 0 Å². The molecule has 0 saturated carbocycles. The van der Waals surface area contributed by atoms with Crippen molar-refractivity contribution in [2.45, 2.75) is 13.5 Å². The van der Waals surface area contributed by atoms with Crippen molar-refractivity contribution in [3.63, 3.8) is 0 Å². The van der Waals surface area contributed by atoms with Gasteiger partial charge in [0, 0.05) is 10.9 Å². The first-order valence-electron chi connectivity index (χ1n) is 6.66.